The van der Waals surface area contributed by atoms with E-state index in [2.05, 4.69) is 22.0 Å². The van der Waals surface area contributed by atoms with Crippen LogP contribution in [-0.2, 0) is 6.54 Å². The molecule has 0 aliphatic heterocycles. The van der Waals surface area contributed by atoms with Gasteiger partial charge in [-0.3, -0.25) is 4.98 Å². The Kier molecular flexibility index (Phi) is 4.47. The van der Waals surface area contributed by atoms with Crippen LogP contribution >= 0.6 is 0 Å². The Hall–Kier alpha value is -3.41. The monoisotopic (exact) mass is 441 g/mol. The van der Waals surface area contributed by atoms with Gasteiger partial charge in [0.05, 0.1) is 22.3 Å². The zero-order valence-electron chi connectivity index (χ0n) is 19.0. The number of benzene rings is 1. The molecule has 33 heavy (non-hydrogen) atoms. The minimum Gasteiger partial charge on any atom is -0.478 e. The molecule has 1 N–H and O–H groups in total. The molecule has 2 aliphatic rings. The van der Waals surface area contributed by atoms with Crippen LogP contribution in [0.1, 0.15) is 53.9 Å². The molecule has 2 aliphatic carbocycles. The van der Waals surface area contributed by atoms with Crippen LogP contribution in [-0.4, -0.2) is 25.8 Å². The number of rotatable bonds is 5. The summed E-state index contributed by atoms with van der Waals surface area (Å²) in [5.41, 5.74) is 7.85. The van der Waals surface area contributed by atoms with Gasteiger partial charge < -0.3 is 14.2 Å². The first-order chi connectivity index (χ1) is 15.9. The summed E-state index contributed by atoms with van der Waals surface area (Å²) >= 11 is 0. The number of nitrogens with zero attached hydrogens (tertiary/aromatic N) is 3. The van der Waals surface area contributed by atoms with E-state index in [0.717, 1.165) is 51.3 Å². The molecule has 0 bridgehead atoms. The summed E-state index contributed by atoms with van der Waals surface area (Å²) in [6.07, 6.45) is 10.9. The van der Waals surface area contributed by atoms with E-state index < -0.39 is 5.97 Å². The number of aromatic nitrogens is 3. The van der Waals surface area contributed by atoms with Crippen molar-refractivity contribution < 1.29 is 14.4 Å². The van der Waals surface area contributed by atoms with Gasteiger partial charge in [0.2, 0.25) is 0 Å². The summed E-state index contributed by atoms with van der Waals surface area (Å²) in [6, 6.07) is 9.26. The van der Waals surface area contributed by atoms with Gasteiger partial charge in [-0.2, -0.15) is 0 Å². The van der Waals surface area contributed by atoms with E-state index in [1.165, 1.54) is 32.1 Å². The first-order valence-corrected chi connectivity index (χ1v) is 11.7. The zero-order chi connectivity index (χ0) is 22.7. The first-order valence-electron chi connectivity index (χ1n) is 11.7. The second kappa shape index (κ2) is 7.30. The average Bonchev–Trinajstić information content (AvgIpc) is 3.28. The molecule has 1 aromatic carbocycles. The van der Waals surface area contributed by atoms with Gasteiger partial charge in [0.15, 0.2) is 0 Å². The fourth-order valence-electron chi connectivity index (χ4n) is 6.01. The van der Waals surface area contributed by atoms with Crippen molar-refractivity contribution in [1.82, 2.24) is 14.7 Å². The molecular formula is C27H27N3O3. The van der Waals surface area contributed by atoms with Gasteiger partial charge in [0.1, 0.15) is 5.76 Å². The Morgan fingerprint density at radius 1 is 1.18 bits per heavy atom. The third-order valence-corrected chi connectivity index (χ3v) is 7.79. The molecule has 1 spiro atoms. The summed E-state index contributed by atoms with van der Waals surface area (Å²) in [5, 5.41) is 13.4. The van der Waals surface area contributed by atoms with Crippen molar-refractivity contribution in [2.75, 3.05) is 0 Å². The lowest BCUT2D eigenvalue weighted by atomic mass is 9.52. The standard InChI is InChI=1S/C27H27N3O3/c1-16-24(17(2)33-29-16)21-10-23-25(28-13-21)22(19-4-6-20(7-5-19)26(31)32)15-30(23)14-18-11-27(12-18)8-3-9-27/h4-7,10,13,15,18H,3,8-9,11-12,14H2,1-2H3,(H,31,32). The van der Waals surface area contributed by atoms with Crippen LogP contribution in [0, 0.1) is 25.2 Å². The maximum absolute atomic E-state index is 11.3. The maximum Gasteiger partial charge on any atom is 0.335 e. The molecule has 0 saturated heterocycles. The highest BCUT2D eigenvalue weighted by Crippen LogP contribution is 2.59. The number of carboxylic acids is 1. The largest absolute Gasteiger partial charge is 0.478 e. The SMILES string of the molecule is Cc1noc(C)c1-c1cnc2c(-c3ccc(C(=O)O)cc3)cn(CC3CC4(CCC4)C3)c2c1. The van der Waals surface area contributed by atoms with Gasteiger partial charge in [-0.25, -0.2) is 4.79 Å². The van der Waals surface area contributed by atoms with Gasteiger partial charge >= 0.3 is 5.97 Å². The summed E-state index contributed by atoms with van der Waals surface area (Å²) in [7, 11) is 0. The van der Waals surface area contributed by atoms with Crippen molar-refractivity contribution >= 4 is 17.0 Å². The summed E-state index contributed by atoms with van der Waals surface area (Å²) in [5.74, 6) is 0.578. The third-order valence-electron chi connectivity index (χ3n) is 7.79. The van der Waals surface area contributed by atoms with Gasteiger partial charge in [-0.1, -0.05) is 23.7 Å². The number of aryl methyl sites for hydroxylation is 2. The lowest BCUT2D eigenvalue weighted by molar-refractivity contribution is -0.0306. The van der Waals surface area contributed by atoms with E-state index in [1.807, 2.05) is 32.2 Å². The number of carboxylic acid groups (broad SMARTS) is 1. The van der Waals surface area contributed by atoms with E-state index in [-0.39, 0.29) is 5.56 Å². The van der Waals surface area contributed by atoms with Gasteiger partial charge in [-0.05, 0) is 74.6 Å². The number of hydrogen-bond acceptors (Lipinski definition) is 4. The van der Waals surface area contributed by atoms with Crippen molar-refractivity contribution in [3.05, 3.63) is 59.7 Å². The Bertz CT molecular complexity index is 1350. The van der Waals surface area contributed by atoms with Crippen LogP contribution in [0.5, 0.6) is 0 Å². The normalized spacial score (nSPS) is 17.3. The Balaban J connectivity index is 1.43. The van der Waals surface area contributed by atoms with Crippen molar-refractivity contribution in [2.45, 2.75) is 52.5 Å². The Labute approximate surface area is 192 Å². The molecule has 6 nitrogen and oxygen atoms in total. The third kappa shape index (κ3) is 3.27. The Morgan fingerprint density at radius 3 is 2.55 bits per heavy atom. The fraction of sp³-hybridized carbons (Fsp3) is 0.370. The molecule has 2 fully saturated rings. The highest BCUT2D eigenvalue weighted by Gasteiger charge is 2.47. The molecule has 0 atom stereocenters. The smallest absolute Gasteiger partial charge is 0.335 e. The van der Waals surface area contributed by atoms with Crippen molar-refractivity contribution in [1.29, 1.82) is 0 Å². The minimum atomic E-state index is -0.916. The number of fused-ring (bicyclic) bond motifs is 1. The molecule has 3 heterocycles. The second-order valence-corrected chi connectivity index (χ2v) is 10.00. The van der Waals surface area contributed by atoms with E-state index >= 15 is 0 Å². The molecule has 2 saturated carbocycles. The first kappa shape index (κ1) is 20.2. The lowest BCUT2D eigenvalue weighted by Crippen LogP contribution is -2.43. The summed E-state index contributed by atoms with van der Waals surface area (Å²) in [6.45, 7) is 4.87. The van der Waals surface area contributed by atoms with Crippen LogP contribution in [0.4, 0.5) is 0 Å². The summed E-state index contributed by atoms with van der Waals surface area (Å²) in [4.78, 5) is 16.2. The molecule has 0 radical (unpaired) electrons. The summed E-state index contributed by atoms with van der Waals surface area (Å²) < 4.78 is 7.75. The highest BCUT2D eigenvalue weighted by molar-refractivity contribution is 5.96. The fourth-order valence-corrected chi connectivity index (χ4v) is 6.01. The number of carbonyl (C=O) groups is 1. The van der Waals surface area contributed by atoms with Gasteiger partial charge in [-0.15, -0.1) is 0 Å². The number of hydrogen-bond donors (Lipinski definition) is 1. The predicted molar refractivity (Wildman–Crippen MR) is 126 cm³/mol. The van der Waals surface area contributed by atoms with Crippen LogP contribution in [0.25, 0.3) is 33.3 Å². The van der Waals surface area contributed by atoms with E-state index in [1.54, 1.807) is 12.1 Å². The van der Waals surface area contributed by atoms with Crippen LogP contribution < -0.4 is 0 Å². The second-order valence-electron chi connectivity index (χ2n) is 10.00. The van der Waals surface area contributed by atoms with Crippen molar-refractivity contribution in [2.24, 2.45) is 11.3 Å². The molecule has 0 unspecified atom stereocenters. The number of aromatic carboxylic acids is 1. The molecule has 6 heteroatoms. The maximum atomic E-state index is 11.3. The average molecular weight is 442 g/mol. The quantitative estimate of drug-likeness (QED) is 0.396. The topological polar surface area (TPSA) is 81.2 Å². The molecule has 6 rings (SSSR count). The number of pyridine rings is 1. The van der Waals surface area contributed by atoms with Crippen molar-refractivity contribution in [3.8, 4) is 22.3 Å². The van der Waals surface area contributed by atoms with Crippen molar-refractivity contribution in [3.63, 3.8) is 0 Å². The lowest BCUT2D eigenvalue weighted by Gasteiger charge is -2.54. The molecule has 0 amide bonds. The molecular weight excluding hydrogens is 414 g/mol. The highest BCUT2D eigenvalue weighted by atomic mass is 16.5. The molecule has 168 valence electrons. The predicted octanol–water partition coefficient (Wildman–Crippen LogP) is 6.25. The van der Waals surface area contributed by atoms with Crippen LogP contribution in [0.2, 0.25) is 0 Å². The zero-order valence-corrected chi connectivity index (χ0v) is 19.0. The van der Waals surface area contributed by atoms with E-state index in [0.29, 0.717) is 11.3 Å². The van der Waals surface area contributed by atoms with Crippen LogP contribution in [0.15, 0.2) is 47.2 Å². The Morgan fingerprint density at radius 2 is 1.94 bits per heavy atom. The van der Waals surface area contributed by atoms with Gasteiger partial charge in [0.25, 0.3) is 0 Å². The van der Waals surface area contributed by atoms with Crippen LogP contribution in [0.3, 0.4) is 0 Å². The van der Waals surface area contributed by atoms with E-state index in [4.69, 9.17) is 9.51 Å². The molecule has 4 aromatic rings. The minimum absolute atomic E-state index is 0.288. The van der Waals surface area contributed by atoms with E-state index in [9.17, 15) is 9.90 Å². The van der Waals surface area contributed by atoms with Gasteiger partial charge in [0, 0.05) is 35.6 Å². The molecule has 3 aromatic heterocycles.